The van der Waals surface area contributed by atoms with Crippen LogP contribution in [0.5, 0.6) is 0 Å². The molecule has 0 spiro atoms. The third-order valence-corrected chi connectivity index (χ3v) is 4.24. The lowest BCUT2D eigenvalue weighted by atomic mass is 10.2. The van der Waals surface area contributed by atoms with Crippen molar-refractivity contribution in [2.75, 3.05) is 5.73 Å². The Hall–Kier alpha value is -2.67. The van der Waals surface area contributed by atoms with Crippen LogP contribution in [0.15, 0.2) is 34.4 Å². The maximum atomic E-state index is 12.1. The third kappa shape index (κ3) is 2.71. The summed E-state index contributed by atoms with van der Waals surface area (Å²) in [6, 6.07) is 7.23. The Balaban J connectivity index is 1.82. The normalized spacial score (nSPS) is 10.8. The number of nitrogen functional groups attached to an aromatic ring is 1. The number of nitrogens with one attached hydrogen (secondary N) is 2. The van der Waals surface area contributed by atoms with Crippen LogP contribution in [0.1, 0.15) is 21.7 Å². The molecule has 2 heterocycles. The number of nitrogens with zero attached hydrogens (tertiary/aromatic N) is 1. The highest BCUT2D eigenvalue weighted by Gasteiger charge is 2.13. The Kier molecular flexibility index (Phi) is 3.64. The molecule has 0 aliphatic rings. The van der Waals surface area contributed by atoms with E-state index in [0.29, 0.717) is 22.4 Å². The molecule has 0 saturated carbocycles. The number of rotatable bonds is 3. The minimum absolute atomic E-state index is 0.0169. The van der Waals surface area contributed by atoms with Gasteiger partial charge in [-0.05, 0) is 35.6 Å². The zero-order valence-corrected chi connectivity index (χ0v) is 12.7. The largest absolute Gasteiger partial charge is 0.399 e. The quantitative estimate of drug-likeness (QED) is 0.642. The maximum absolute atomic E-state index is 12.1. The summed E-state index contributed by atoms with van der Waals surface area (Å²) >= 11 is 1.35. The van der Waals surface area contributed by atoms with Crippen LogP contribution in [0, 0.1) is 6.92 Å². The number of fused-ring (bicyclic) bond motifs is 1. The number of thiophene rings is 1. The molecule has 3 rings (SSSR count). The average molecular weight is 314 g/mol. The van der Waals surface area contributed by atoms with Crippen LogP contribution in [0.4, 0.5) is 5.69 Å². The number of anilines is 1. The fraction of sp³-hybridized carbons (Fsp3) is 0.133. The van der Waals surface area contributed by atoms with Crippen LogP contribution in [0.3, 0.4) is 0 Å². The number of hydrogen-bond acceptors (Lipinski definition) is 5. The first-order valence-electron chi connectivity index (χ1n) is 6.65. The SMILES string of the molecule is Cc1csc2nc(C(=O)NCc3cccc(N)c3)[nH]c(=O)c12. The summed E-state index contributed by atoms with van der Waals surface area (Å²) < 4.78 is 0. The summed E-state index contributed by atoms with van der Waals surface area (Å²) in [5, 5.41) is 5.11. The Bertz CT molecular complexity index is 913. The van der Waals surface area contributed by atoms with Crippen molar-refractivity contribution in [1.29, 1.82) is 0 Å². The van der Waals surface area contributed by atoms with E-state index in [1.54, 1.807) is 12.1 Å². The van der Waals surface area contributed by atoms with E-state index in [1.165, 1.54) is 11.3 Å². The first-order chi connectivity index (χ1) is 10.5. The van der Waals surface area contributed by atoms with Crippen LogP contribution in [0.25, 0.3) is 10.2 Å². The second kappa shape index (κ2) is 5.61. The van der Waals surface area contributed by atoms with Gasteiger partial charge in [0.25, 0.3) is 11.5 Å². The van der Waals surface area contributed by atoms with Gasteiger partial charge in [-0.3, -0.25) is 9.59 Å². The molecular weight excluding hydrogens is 300 g/mol. The van der Waals surface area contributed by atoms with E-state index in [0.717, 1.165) is 11.1 Å². The number of nitrogens with two attached hydrogens (primary N) is 1. The minimum Gasteiger partial charge on any atom is -0.399 e. The molecule has 112 valence electrons. The summed E-state index contributed by atoms with van der Waals surface area (Å²) in [6.07, 6.45) is 0. The zero-order chi connectivity index (χ0) is 15.7. The molecule has 2 aromatic heterocycles. The van der Waals surface area contributed by atoms with Crippen LogP contribution >= 0.6 is 11.3 Å². The molecule has 0 bridgehead atoms. The van der Waals surface area contributed by atoms with E-state index < -0.39 is 5.91 Å². The molecule has 0 radical (unpaired) electrons. The predicted molar refractivity (Wildman–Crippen MR) is 87.0 cm³/mol. The van der Waals surface area contributed by atoms with Crippen LogP contribution in [-0.4, -0.2) is 15.9 Å². The molecular formula is C15H14N4O2S. The Morgan fingerprint density at radius 1 is 1.45 bits per heavy atom. The zero-order valence-electron chi connectivity index (χ0n) is 11.8. The first kappa shape index (κ1) is 14.3. The van der Waals surface area contributed by atoms with E-state index in [2.05, 4.69) is 15.3 Å². The van der Waals surface area contributed by atoms with Gasteiger partial charge in [0.05, 0.1) is 5.39 Å². The molecule has 1 amide bonds. The maximum Gasteiger partial charge on any atom is 0.287 e. The standard InChI is InChI=1S/C15H14N4O2S/c1-8-7-22-15-11(8)13(20)18-12(19-15)14(21)17-6-9-3-2-4-10(16)5-9/h2-5,7H,6,16H2,1H3,(H,17,21)(H,18,19,20). The molecule has 7 heteroatoms. The van der Waals surface area contributed by atoms with Gasteiger partial charge in [-0.2, -0.15) is 0 Å². The van der Waals surface area contributed by atoms with E-state index >= 15 is 0 Å². The second-order valence-electron chi connectivity index (χ2n) is 4.94. The van der Waals surface area contributed by atoms with Crippen molar-refractivity contribution in [1.82, 2.24) is 15.3 Å². The monoisotopic (exact) mass is 314 g/mol. The molecule has 0 fully saturated rings. The third-order valence-electron chi connectivity index (χ3n) is 3.25. The Morgan fingerprint density at radius 3 is 3.05 bits per heavy atom. The van der Waals surface area contributed by atoms with Gasteiger partial charge in [0.2, 0.25) is 5.82 Å². The van der Waals surface area contributed by atoms with Gasteiger partial charge in [0.1, 0.15) is 4.83 Å². The van der Waals surface area contributed by atoms with Crippen molar-refractivity contribution in [3.63, 3.8) is 0 Å². The van der Waals surface area contributed by atoms with E-state index in [9.17, 15) is 9.59 Å². The number of carbonyl (C=O) groups is 1. The van der Waals surface area contributed by atoms with Crippen molar-refractivity contribution < 1.29 is 4.79 Å². The summed E-state index contributed by atoms with van der Waals surface area (Å²) in [6.45, 7) is 2.16. The second-order valence-corrected chi connectivity index (χ2v) is 5.80. The number of carbonyl (C=O) groups excluding carboxylic acids is 1. The molecule has 0 saturated heterocycles. The molecule has 1 aromatic carbocycles. The molecule has 0 unspecified atom stereocenters. The Morgan fingerprint density at radius 2 is 2.27 bits per heavy atom. The Labute approximate surface area is 130 Å². The average Bonchev–Trinajstić information content (AvgIpc) is 2.86. The van der Waals surface area contributed by atoms with Crippen LogP contribution in [0.2, 0.25) is 0 Å². The molecule has 0 aliphatic carbocycles. The fourth-order valence-corrected chi connectivity index (χ4v) is 3.09. The molecule has 4 N–H and O–H groups in total. The fourth-order valence-electron chi connectivity index (χ4n) is 2.17. The lowest BCUT2D eigenvalue weighted by Gasteiger charge is -2.05. The van der Waals surface area contributed by atoms with Gasteiger partial charge in [-0.15, -0.1) is 11.3 Å². The van der Waals surface area contributed by atoms with E-state index in [4.69, 9.17) is 5.73 Å². The molecule has 0 aliphatic heterocycles. The number of aryl methyl sites for hydroxylation is 1. The summed E-state index contributed by atoms with van der Waals surface area (Å²) in [7, 11) is 0. The number of H-pyrrole nitrogens is 1. The summed E-state index contributed by atoms with van der Waals surface area (Å²) in [5.74, 6) is -0.407. The lowest BCUT2D eigenvalue weighted by Crippen LogP contribution is -2.27. The van der Waals surface area contributed by atoms with Gasteiger partial charge in [0.15, 0.2) is 0 Å². The van der Waals surface area contributed by atoms with Crippen molar-refractivity contribution in [2.45, 2.75) is 13.5 Å². The number of aromatic nitrogens is 2. The number of aromatic amines is 1. The van der Waals surface area contributed by atoms with E-state index in [1.807, 2.05) is 24.4 Å². The molecule has 0 atom stereocenters. The highest BCUT2D eigenvalue weighted by Crippen LogP contribution is 2.19. The summed E-state index contributed by atoms with van der Waals surface area (Å²) in [5.41, 5.74) is 7.77. The van der Waals surface area contributed by atoms with Crippen LogP contribution < -0.4 is 16.6 Å². The smallest absolute Gasteiger partial charge is 0.287 e. The van der Waals surface area contributed by atoms with Crippen molar-refractivity contribution in [3.05, 3.63) is 57.0 Å². The number of benzene rings is 1. The number of hydrogen-bond donors (Lipinski definition) is 3. The highest BCUT2D eigenvalue weighted by atomic mass is 32.1. The van der Waals surface area contributed by atoms with Crippen molar-refractivity contribution in [2.24, 2.45) is 0 Å². The summed E-state index contributed by atoms with van der Waals surface area (Å²) in [4.78, 5) is 31.5. The molecule has 22 heavy (non-hydrogen) atoms. The first-order valence-corrected chi connectivity index (χ1v) is 7.53. The van der Waals surface area contributed by atoms with Crippen molar-refractivity contribution >= 4 is 33.1 Å². The van der Waals surface area contributed by atoms with Gasteiger partial charge in [-0.1, -0.05) is 12.1 Å². The number of amides is 1. The van der Waals surface area contributed by atoms with Gasteiger partial charge >= 0.3 is 0 Å². The van der Waals surface area contributed by atoms with Crippen LogP contribution in [-0.2, 0) is 6.54 Å². The van der Waals surface area contributed by atoms with Gasteiger partial charge < -0.3 is 16.0 Å². The topological polar surface area (TPSA) is 101 Å². The molecule has 3 aromatic rings. The van der Waals surface area contributed by atoms with Gasteiger partial charge in [0, 0.05) is 12.2 Å². The molecule has 6 nitrogen and oxygen atoms in total. The lowest BCUT2D eigenvalue weighted by molar-refractivity contribution is 0.0940. The van der Waals surface area contributed by atoms with E-state index in [-0.39, 0.29) is 11.4 Å². The predicted octanol–water partition coefficient (Wildman–Crippen LogP) is 1.81. The van der Waals surface area contributed by atoms with Crippen molar-refractivity contribution in [3.8, 4) is 0 Å². The highest BCUT2D eigenvalue weighted by molar-refractivity contribution is 7.16. The minimum atomic E-state index is -0.424. The van der Waals surface area contributed by atoms with Gasteiger partial charge in [-0.25, -0.2) is 4.98 Å².